The van der Waals surface area contributed by atoms with Crippen molar-refractivity contribution in [1.29, 1.82) is 0 Å². The van der Waals surface area contributed by atoms with E-state index in [1.807, 2.05) is 31.2 Å². The molecule has 0 aliphatic heterocycles. The van der Waals surface area contributed by atoms with Crippen LogP contribution in [-0.2, 0) is 4.79 Å². The van der Waals surface area contributed by atoms with Crippen LogP contribution in [0.2, 0.25) is 0 Å². The quantitative estimate of drug-likeness (QED) is 0.742. The van der Waals surface area contributed by atoms with Crippen molar-refractivity contribution < 1.29 is 14.6 Å². The van der Waals surface area contributed by atoms with E-state index in [-0.39, 0.29) is 12.5 Å². The van der Waals surface area contributed by atoms with E-state index >= 15 is 0 Å². The van der Waals surface area contributed by atoms with Crippen LogP contribution >= 0.6 is 0 Å². The SMILES string of the molecule is Cc1cccc(OCCCC(=O)NC(C)(C)CO)c1. The monoisotopic (exact) mass is 265 g/mol. The number of aliphatic hydroxyl groups excluding tert-OH is 1. The van der Waals surface area contributed by atoms with Gasteiger partial charge in [-0.15, -0.1) is 0 Å². The van der Waals surface area contributed by atoms with Crippen molar-refractivity contribution in [3.05, 3.63) is 29.8 Å². The van der Waals surface area contributed by atoms with E-state index in [1.165, 1.54) is 0 Å². The Morgan fingerprint density at radius 3 is 2.79 bits per heavy atom. The zero-order chi connectivity index (χ0) is 14.3. The number of aliphatic hydroxyl groups is 1. The van der Waals surface area contributed by atoms with Gasteiger partial charge in [-0.2, -0.15) is 0 Å². The van der Waals surface area contributed by atoms with Crippen molar-refractivity contribution in [2.45, 2.75) is 39.2 Å². The van der Waals surface area contributed by atoms with Crippen molar-refractivity contribution in [2.75, 3.05) is 13.2 Å². The number of hydrogen-bond acceptors (Lipinski definition) is 3. The second kappa shape index (κ2) is 7.14. The van der Waals surface area contributed by atoms with Gasteiger partial charge in [0.05, 0.1) is 18.8 Å². The van der Waals surface area contributed by atoms with E-state index in [2.05, 4.69) is 5.32 Å². The summed E-state index contributed by atoms with van der Waals surface area (Å²) in [6.07, 6.45) is 1.05. The number of benzene rings is 1. The molecule has 0 unspecified atom stereocenters. The van der Waals surface area contributed by atoms with Crippen LogP contribution in [-0.4, -0.2) is 29.8 Å². The molecule has 1 amide bonds. The number of nitrogens with one attached hydrogen (secondary N) is 1. The molecular formula is C15H23NO3. The molecule has 1 aromatic rings. The summed E-state index contributed by atoms with van der Waals surface area (Å²) in [7, 11) is 0. The van der Waals surface area contributed by atoms with Gasteiger partial charge in [0.1, 0.15) is 5.75 Å². The molecule has 0 radical (unpaired) electrons. The summed E-state index contributed by atoms with van der Waals surface area (Å²) in [5.41, 5.74) is 0.592. The number of carbonyl (C=O) groups is 1. The lowest BCUT2D eigenvalue weighted by Gasteiger charge is -2.23. The van der Waals surface area contributed by atoms with Gasteiger partial charge in [-0.05, 0) is 44.9 Å². The van der Waals surface area contributed by atoms with Crippen molar-refractivity contribution >= 4 is 5.91 Å². The third kappa shape index (κ3) is 6.25. The normalized spacial score (nSPS) is 11.2. The van der Waals surface area contributed by atoms with Crippen molar-refractivity contribution in [3.63, 3.8) is 0 Å². The molecule has 0 spiro atoms. The van der Waals surface area contributed by atoms with E-state index in [4.69, 9.17) is 9.84 Å². The van der Waals surface area contributed by atoms with Crippen molar-refractivity contribution in [1.82, 2.24) is 5.32 Å². The molecule has 4 nitrogen and oxygen atoms in total. The lowest BCUT2D eigenvalue weighted by Crippen LogP contribution is -2.46. The Bertz CT molecular complexity index is 416. The van der Waals surface area contributed by atoms with Gasteiger partial charge in [-0.1, -0.05) is 12.1 Å². The van der Waals surface area contributed by atoms with Crippen molar-refractivity contribution in [2.24, 2.45) is 0 Å². The number of ether oxygens (including phenoxy) is 1. The van der Waals surface area contributed by atoms with Gasteiger partial charge in [0.15, 0.2) is 0 Å². The Labute approximate surface area is 114 Å². The standard InChI is InChI=1S/C15H23NO3/c1-12-6-4-7-13(10-12)19-9-5-8-14(18)16-15(2,3)11-17/h4,6-7,10,17H,5,8-9,11H2,1-3H3,(H,16,18). The fraction of sp³-hybridized carbons (Fsp3) is 0.533. The molecule has 0 aliphatic carbocycles. The second-order valence-electron chi connectivity index (χ2n) is 5.36. The summed E-state index contributed by atoms with van der Waals surface area (Å²) in [5.74, 6) is 0.767. The molecule has 0 atom stereocenters. The molecular weight excluding hydrogens is 242 g/mol. The van der Waals surface area contributed by atoms with Gasteiger partial charge >= 0.3 is 0 Å². The minimum Gasteiger partial charge on any atom is -0.494 e. The Kier molecular flexibility index (Phi) is 5.83. The maximum atomic E-state index is 11.6. The first kappa shape index (κ1) is 15.5. The average Bonchev–Trinajstić information content (AvgIpc) is 2.34. The van der Waals surface area contributed by atoms with Crippen LogP contribution in [0.5, 0.6) is 5.75 Å². The van der Waals surface area contributed by atoms with Gasteiger partial charge in [0, 0.05) is 6.42 Å². The highest BCUT2D eigenvalue weighted by atomic mass is 16.5. The summed E-state index contributed by atoms with van der Waals surface area (Å²) < 4.78 is 5.56. The highest BCUT2D eigenvalue weighted by Gasteiger charge is 2.18. The highest BCUT2D eigenvalue weighted by Crippen LogP contribution is 2.12. The molecule has 19 heavy (non-hydrogen) atoms. The topological polar surface area (TPSA) is 58.6 Å². The van der Waals surface area contributed by atoms with Crippen LogP contribution in [0.3, 0.4) is 0 Å². The van der Waals surface area contributed by atoms with Crippen LogP contribution in [0.4, 0.5) is 0 Å². The summed E-state index contributed by atoms with van der Waals surface area (Å²) in [6.45, 7) is 6.02. The smallest absolute Gasteiger partial charge is 0.220 e. The molecule has 0 bridgehead atoms. The molecule has 106 valence electrons. The largest absolute Gasteiger partial charge is 0.494 e. The molecule has 0 fully saturated rings. The van der Waals surface area contributed by atoms with E-state index < -0.39 is 5.54 Å². The first-order chi connectivity index (χ1) is 8.93. The Morgan fingerprint density at radius 2 is 2.16 bits per heavy atom. The lowest BCUT2D eigenvalue weighted by molar-refractivity contribution is -0.123. The summed E-state index contributed by atoms with van der Waals surface area (Å²) in [5, 5.41) is 11.8. The minimum absolute atomic E-state index is 0.0631. The Balaban J connectivity index is 2.22. The van der Waals surface area contributed by atoms with Crippen LogP contribution in [0.15, 0.2) is 24.3 Å². The zero-order valence-corrected chi connectivity index (χ0v) is 11.9. The predicted octanol–water partition coefficient (Wildman–Crippen LogP) is 2.04. The maximum Gasteiger partial charge on any atom is 0.220 e. The first-order valence-corrected chi connectivity index (χ1v) is 6.54. The fourth-order valence-electron chi connectivity index (χ4n) is 1.61. The molecule has 0 saturated heterocycles. The zero-order valence-electron chi connectivity index (χ0n) is 11.9. The number of rotatable bonds is 7. The lowest BCUT2D eigenvalue weighted by atomic mass is 10.1. The third-order valence-electron chi connectivity index (χ3n) is 2.68. The summed E-state index contributed by atoms with van der Waals surface area (Å²) in [4.78, 5) is 11.6. The number of aryl methyl sites for hydroxylation is 1. The molecule has 2 N–H and O–H groups in total. The van der Waals surface area contributed by atoms with E-state index in [0.29, 0.717) is 19.4 Å². The number of hydrogen-bond donors (Lipinski definition) is 2. The summed E-state index contributed by atoms with van der Waals surface area (Å²) in [6, 6.07) is 7.83. The highest BCUT2D eigenvalue weighted by molar-refractivity contribution is 5.76. The second-order valence-corrected chi connectivity index (χ2v) is 5.36. The molecule has 0 aliphatic rings. The average molecular weight is 265 g/mol. The van der Waals surface area contributed by atoms with Crippen LogP contribution in [0.1, 0.15) is 32.3 Å². The number of amides is 1. The minimum atomic E-state index is -0.561. The van der Waals surface area contributed by atoms with Gasteiger partial charge in [0.25, 0.3) is 0 Å². The molecule has 0 aromatic heterocycles. The molecule has 4 heteroatoms. The van der Waals surface area contributed by atoms with Crippen LogP contribution in [0, 0.1) is 6.92 Å². The van der Waals surface area contributed by atoms with E-state index in [1.54, 1.807) is 13.8 Å². The molecule has 0 saturated carbocycles. The van der Waals surface area contributed by atoms with E-state index in [9.17, 15) is 4.79 Å². The molecule has 1 rings (SSSR count). The Morgan fingerprint density at radius 1 is 1.42 bits per heavy atom. The summed E-state index contributed by atoms with van der Waals surface area (Å²) >= 11 is 0. The predicted molar refractivity (Wildman–Crippen MR) is 75.2 cm³/mol. The van der Waals surface area contributed by atoms with E-state index in [0.717, 1.165) is 11.3 Å². The fourth-order valence-corrected chi connectivity index (χ4v) is 1.61. The van der Waals surface area contributed by atoms with Gasteiger partial charge in [-0.25, -0.2) is 0 Å². The first-order valence-electron chi connectivity index (χ1n) is 6.54. The Hall–Kier alpha value is -1.55. The van der Waals surface area contributed by atoms with Crippen molar-refractivity contribution in [3.8, 4) is 5.75 Å². The van der Waals surface area contributed by atoms with Gasteiger partial charge in [0.2, 0.25) is 5.91 Å². The molecule has 0 heterocycles. The molecule has 1 aromatic carbocycles. The van der Waals surface area contributed by atoms with Gasteiger partial charge in [-0.3, -0.25) is 4.79 Å². The van der Waals surface area contributed by atoms with Crippen LogP contribution < -0.4 is 10.1 Å². The number of carbonyl (C=O) groups excluding carboxylic acids is 1. The maximum absolute atomic E-state index is 11.6. The van der Waals surface area contributed by atoms with Crippen LogP contribution in [0.25, 0.3) is 0 Å². The third-order valence-corrected chi connectivity index (χ3v) is 2.68. The van der Waals surface area contributed by atoms with Gasteiger partial charge < -0.3 is 15.2 Å².